The summed E-state index contributed by atoms with van der Waals surface area (Å²) >= 11 is 7.38. The predicted octanol–water partition coefficient (Wildman–Crippen LogP) is 3.62. The van der Waals surface area contributed by atoms with Gasteiger partial charge in [-0.05, 0) is 24.3 Å². The molecule has 2 N–H and O–H groups in total. The van der Waals surface area contributed by atoms with Crippen molar-refractivity contribution >= 4 is 23.4 Å². The maximum Gasteiger partial charge on any atom is 0.210 e. The van der Waals surface area contributed by atoms with Crippen molar-refractivity contribution in [2.24, 2.45) is 0 Å². The van der Waals surface area contributed by atoms with E-state index in [0.29, 0.717) is 33.9 Å². The third-order valence-corrected chi connectivity index (χ3v) is 4.41. The molecule has 0 aliphatic carbocycles. The van der Waals surface area contributed by atoms with E-state index in [1.54, 1.807) is 30.3 Å². The zero-order valence-corrected chi connectivity index (χ0v) is 14.1. The van der Waals surface area contributed by atoms with Crippen LogP contribution in [-0.2, 0) is 0 Å². The van der Waals surface area contributed by atoms with E-state index in [9.17, 15) is 4.39 Å². The number of hydrogen-bond acceptors (Lipinski definition) is 5. The van der Waals surface area contributed by atoms with Crippen LogP contribution in [0.1, 0.15) is 0 Å². The van der Waals surface area contributed by atoms with E-state index >= 15 is 0 Å². The number of nitrogens with zero attached hydrogens (tertiary/aromatic N) is 3. The normalized spacial score (nSPS) is 10.8. The van der Waals surface area contributed by atoms with Crippen LogP contribution < -0.4 is 10.6 Å². The fourth-order valence-electron chi connectivity index (χ4n) is 2.05. The first-order chi connectivity index (χ1) is 11.7. The molecule has 0 atom stereocenters. The van der Waals surface area contributed by atoms with Gasteiger partial charge in [-0.1, -0.05) is 47.6 Å². The molecule has 3 aromatic rings. The molecule has 0 saturated heterocycles. The first-order valence-corrected chi connectivity index (χ1v) is 8.48. The minimum absolute atomic E-state index is 0.280. The molecule has 0 aliphatic rings. The smallest absolute Gasteiger partial charge is 0.210 e. The van der Waals surface area contributed by atoms with Crippen LogP contribution in [0, 0.1) is 5.82 Å². The summed E-state index contributed by atoms with van der Waals surface area (Å²) in [5.74, 6) is 7.07. The van der Waals surface area contributed by atoms with E-state index in [4.69, 9.17) is 22.2 Å². The standard InChI is InChI=1S/C16H14ClFN4OS/c17-12-6-2-4-8-14(12)23-9-10-24-16-21-20-15(22(16)19)11-5-1-3-7-13(11)18/h1-8H,9-10,19H2. The summed E-state index contributed by atoms with van der Waals surface area (Å²) in [6.07, 6.45) is 0. The minimum Gasteiger partial charge on any atom is -0.491 e. The summed E-state index contributed by atoms with van der Waals surface area (Å²) in [5, 5.41) is 9.00. The molecule has 0 radical (unpaired) electrons. The largest absolute Gasteiger partial charge is 0.491 e. The van der Waals surface area contributed by atoms with E-state index in [1.165, 1.54) is 22.5 Å². The molecule has 24 heavy (non-hydrogen) atoms. The summed E-state index contributed by atoms with van der Waals surface area (Å²) in [6, 6.07) is 13.5. The van der Waals surface area contributed by atoms with Gasteiger partial charge in [0.1, 0.15) is 11.6 Å². The molecule has 3 rings (SSSR count). The quantitative estimate of drug-likeness (QED) is 0.411. The van der Waals surface area contributed by atoms with Crippen molar-refractivity contribution in [1.29, 1.82) is 0 Å². The second-order valence-electron chi connectivity index (χ2n) is 4.78. The molecule has 0 saturated carbocycles. The van der Waals surface area contributed by atoms with Crippen molar-refractivity contribution in [2.45, 2.75) is 5.16 Å². The number of ether oxygens (including phenoxy) is 1. The highest BCUT2D eigenvalue weighted by Gasteiger charge is 2.15. The van der Waals surface area contributed by atoms with Crippen LogP contribution in [0.25, 0.3) is 11.4 Å². The van der Waals surface area contributed by atoms with Crippen LogP contribution in [0.5, 0.6) is 5.75 Å². The van der Waals surface area contributed by atoms with Gasteiger partial charge in [-0.2, -0.15) is 0 Å². The molecule has 2 aromatic carbocycles. The molecule has 0 unspecified atom stereocenters. The second kappa shape index (κ2) is 7.55. The van der Waals surface area contributed by atoms with E-state index in [0.717, 1.165) is 0 Å². The highest BCUT2D eigenvalue weighted by atomic mass is 35.5. The fraction of sp³-hybridized carbons (Fsp3) is 0.125. The summed E-state index contributed by atoms with van der Waals surface area (Å²) in [5.41, 5.74) is 0.312. The topological polar surface area (TPSA) is 66.0 Å². The summed E-state index contributed by atoms with van der Waals surface area (Å²) in [6.45, 7) is 0.427. The Labute approximate surface area is 147 Å². The highest BCUT2D eigenvalue weighted by Crippen LogP contribution is 2.25. The van der Waals surface area contributed by atoms with Gasteiger partial charge in [0.25, 0.3) is 0 Å². The number of benzene rings is 2. The lowest BCUT2D eigenvalue weighted by molar-refractivity contribution is 0.344. The maximum atomic E-state index is 13.8. The first-order valence-electron chi connectivity index (χ1n) is 7.12. The van der Waals surface area contributed by atoms with Crippen LogP contribution in [-0.4, -0.2) is 27.2 Å². The van der Waals surface area contributed by atoms with Crippen LogP contribution in [0.3, 0.4) is 0 Å². The van der Waals surface area contributed by atoms with Gasteiger partial charge >= 0.3 is 0 Å². The average molecular weight is 365 g/mol. The van der Waals surface area contributed by atoms with Gasteiger partial charge in [0.05, 0.1) is 17.2 Å². The molecule has 0 fully saturated rings. The highest BCUT2D eigenvalue weighted by molar-refractivity contribution is 7.99. The second-order valence-corrected chi connectivity index (χ2v) is 6.25. The van der Waals surface area contributed by atoms with Crippen molar-refractivity contribution in [3.63, 3.8) is 0 Å². The molecule has 8 heteroatoms. The molecule has 124 valence electrons. The van der Waals surface area contributed by atoms with Gasteiger partial charge in [0.2, 0.25) is 5.16 Å². The molecular weight excluding hydrogens is 351 g/mol. The molecule has 1 heterocycles. The Balaban J connectivity index is 1.61. The Hall–Kier alpha value is -2.25. The molecule has 0 amide bonds. The summed E-state index contributed by atoms with van der Waals surface area (Å²) in [4.78, 5) is 0. The number of halogens is 2. The third kappa shape index (κ3) is 3.63. The summed E-state index contributed by atoms with van der Waals surface area (Å²) < 4.78 is 20.7. The van der Waals surface area contributed by atoms with Crippen LogP contribution >= 0.6 is 23.4 Å². The van der Waals surface area contributed by atoms with Gasteiger partial charge in [0, 0.05) is 5.75 Å². The molecular formula is C16H14ClFN4OS. The summed E-state index contributed by atoms with van der Waals surface area (Å²) in [7, 11) is 0. The number of nitrogens with two attached hydrogens (primary N) is 1. The number of aromatic nitrogens is 3. The van der Waals surface area contributed by atoms with Gasteiger partial charge < -0.3 is 10.6 Å². The Bertz CT molecular complexity index is 842. The molecule has 0 spiro atoms. The monoisotopic (exact) mass is 364 g/mol. The minimum atomic E-state index is -0.393. The molecule has 5 nitrogen and oxygen atoms in total. The van der Waals surface area contributed by atoms with Crippen LogP contribution in [0.2, 0.25) is 5.02 Å². The fourth-order valence-corrected chi connectivity index (χ4v) is 2.91. The Morgan fingerprint density at radius 3 is 2.67 bits per heavy atom. The van der Waals surface area contributed by atoms with Gasteiger partial charge in [-0.25, -0.2) is 9.07 Å². The zero-order chi connectivity index (χ0) is 16.9. The van der Waals surface area contributed by atoms with Gasteiger partial charge in [-0.15, -0.1) is 10.2 Å². The Morgan fingerprint density at radius 2 is 1.88 bits per heavy atom. The van der Waals surface area contributed by atoms with Crippen molar-refractivity contribution in [1.82, 2.24) is 14.9 Å². The number of nitrogen functional groups attached to an aromatic ring is 1. The zero-order valence-electron chi connectivity index (χ0n) is 12.5. The maximum absolute atomic E-state index is 13.8. The lowest BCUT2D eigenvalue weighted by Gasteiger charge is -2.07. The van der Waals surface area contributed by atoms with Crippen LogP contribution in [0.15, 0.2) is 53.7 Å². The van der Waals surface area contributed by atoms with Crippen molar-refractivity contribution in [3.8, 4) is 17.1 Å². The van der Waals surface area contributed by atoms with Crippen molar-refractivity contribution in [3.05, 3.63) is 59.4 Å². The Morgan fingerprint density at radius 1 is 1.12 bits per heavy atom. The number of thioether (sulfide) groups is 1. The van der Waals surface area contributed by atoms with Gasteiger partial charge in [0.15, 0.2) is 5.82 Å². The Kier molecular flexibility index (Phi) is 5.22. The SMILES string of the molecule is Nn1c(SCCOc2ccccc2Cl)nnc1-c1ccccc1F. The molecule has 0 aliphatic heterocycles. The van der Waals surface area contributed by atoms with Crippen LogP contribution in [0.4, 0.5) is 4.39 Å². The first kappa shape index (κ1) is 16.6. The molecule has 0 bridgehead atoms. The molecule has 1 aromatic heterocycles. The number of rotatable bonds is 6. The van der Waals surface area contributed by atoms with Crippen molar-refractivity contribution in [2.75, 3.05) is 18.2 Å². The number of para-hydroxylation sites is 1. The lowest BCUT2D eigenvalue weighted by Crippen LogP contribution is -2.12. The third-order valence-electron chi connectivity index (χ3n) is 3.19. The predicted molar refractivity (Wildman–Crippen MR) is 93.2 cm³/mol. The van der Waals surface area contributed by atoms with Crippen molar-refractivity contribution < 1.29 is 9.13 Å². The lowest BCUT2D eigenvalue weighted by atomic mass is 10.2. The van der Waals surface area contributed by atoms with E-state index in [2.05, 4.69) is 10.2 Å². The van der Waals surface area contributed by atoms with Gasteiger partial charge in [-0.3, -0.25) is 0 Å². The average Bonchev–Trinajstić information content (AvgIpc) is 2.94. The van der Waals surface area contributed by atoms with E-state index < -0.39 is 5.82 Å². The van der Waals surface area contributed by atoms with E-state index in [1.807, 2.05) is 12.1 Å². The van der Waals surface area contributed by atoms with E-state index in [-0.39, 0.29) is 5.82 Å². The number of hydrogen-bond donors (Lipinski definition) is 1.